The molecule has 0 amide bonds. The maximum Gasteiger partial charge on any atom is 0.472 e. The van der Waals surface area contributed by atoms with Crippen LogP contribution in [-0.2, 0) is 50.9 Å². The van der Waals surface area contributed by atoms with E-state index in [1.807, 2.05) is 0 Å². The van der Waals surface area contributed by atoms with Crippen LogP contribution in [-0.4, -0.2) is 108 Å². The van der Waals surface area contributed by atoms with Gasteiger partial charge in [0, 0.05) is 12.8 Å². The van der Waals surface area contributed by atoms with Crippen molar-refractivity contribution >= 4 is 35.4 Å². The monoisotopic (exact) mass is 1050 g/mol. The summed E-state index contributed by atoms with van der Waals surface area (Å²) >= 11 is 0. The molecule has 0 spiro atoms. The number of phosphoric acid groups is 3. The number of aliphatic hydroxyl groups is 3. The summed E-state index contributed by atoms with van der Waals surface area (Å²) in [6.07, 6.45) is 24.4. The third-order valence-corrected chi connectivity index (χ3v) is 13.5. The van der Waals surface area contributed by atoms with Crippen molar-refractivity contribution < 1.29 is 90.6 Å². The van der Waals surface area contributed by atoms with Crippen LogP contribution in [0.1, 0.15) is 194 Å². The van der Waals surface area contributed by atoms with E-state index >= 15 is 0 Å². The van der Waals surface area contributed by atoms with Crippen LogP contribution in [0.2, 0.25) is 0 Å². The Morgan fingerprint density at radius 2 is 0.841 bits per heavy atom. The summed E-state index contributed by atoms with van der Waals surface area (Å²) in [5.41, 5.74) is 0. The molecular weight excluding hydrogens is 961 g/mol. The Labute approximate surface area is 410 Å². The minimum Gasteiger partial charge on any atom is -0.462 e. The van der Waals surface area contributed by atoms with Gasteiger partial charge >= 0.3 is 35.4 Å². The summed E-state index contributed by atoms with van der Waals surface area (Å²) in [7, 11) is -16.6. The fourth-order valence-electron chi connectivity index (χ4n) is 7.65. The van der Waals surface area contributed by atoms with Gasteiger partial charge in [0.15, 0.2) is 6.10 Å². The molecule has 1 aliphatic rings. The number of allylic oxidation sites excluding steroid dienone is 6. The van der Waals surface area contributed by atoms with E-state index in [1.165, 1.54) is 64.2 Å². The van der Waals surface area contributed by atoms with Gasteiger partial charge in [0.1, 0.15) is 43.2 Å². The van der Waals surface area contributed by atoms with Crippen LogP contribution in [0.3, 0.4) is 0 Å². The van der Waals surface area contributed by atoms with Gasteiger partial charge in [0.25, 0.3) is 0 Å². The summed E-state index contributed by atoms with van der Waals surface area (Å²) in [4.78, 5) is 73.3. The number of ether oxygens (including phenoxy) is 2. The Bertz CT molecular complexity index is 1580. The van der Waals surface area contributed by atoms with Crippen molar-refractivity contribution in [3.05, 3.63) is 36.5 Å². The van der Waals surface area contributed by atoms with Gasteiger partial charge in [-0.2, -0.15) is 0 Å². The molecule has 0 aliphatic heterocycles. The lowest BCUT2D eigenvalue weighted by atomic mass is 9.85. The van der Waals surface area contributed by atoms with Crippen molar-refractivity contribution in [2.24, 2.45) is 0 Å². The number of aliphatic hydroxyl groups excluding tert-OH is 3. The normalized spacial score (nSPS) is 21.6. The number of hydrogen-bond donors (Lipinski definition) is 8. The molecule has 0 saturated heterocycles. The molecule has 0 bridgehead atoms. The second-order valence-electron chi connectivity index (χ2n) is 17.8. The minimum atomic E-state index is -5.60. The Hall–Kier alpha value is -1.63. The van der Waals surface area contributed by atoms with Crippen LogP contribution in [0.4, 0.5) is 0 Å². The summed E-state index contributed by atoms with van der Waals surface area (Å²) in [6.45, 7) is 2.92. The molecule has 1 rings (SSSR count). The van der Waals surface area contributed by atoms with Gasteiger partial charge in [-0.05, 0) is 51.4 Å². The third-order valence-electron chi connectivity index (χ3n) is 11.4. The molecule has 22 heteroatoms. The van der Waals surface area contributed by atoms with Crippen molar-refractivity contribution in [3.63, 3.8) is 0 Å². The van der Waals surface area contributed by atoms with Gasteiger partial charge < -0.3 is 49.3 Å². The molecule has 0 heterocycles. The van der Waals surface area contributed by atoms with Gasteiger partial charge in [0.2, 0.25) is 0 Å². The highest BCUT2D eigenvalue weighted by Gasteiger charge is 2.56. The third kappa shape index (κ3) is 35.2. The molecule has 69 heavy (non-hydrogen) atoms. The lowest BCUT2D eigenvalue weighted by Gasteiger charge is -2.44. The standard InChI is InChI=1S/C47H87O19P3/c1-3-5-7-9-11-13-15-17-18-19-20-21-22-24-25-27-29-31-33-35-40(48)61-37-39(63-41(49)36-34-32-30-28-26-23-16-14-12-10-8-6-4-2)38-62-69(59,60)66-45-42(50)43(51)46(64-67(53,54)55)47(44(45)52)65-68(56,57)58/h11,13,17-18,20-21,39,42-47,50-52H,3-10,12,14-16,19,22-38H2,1-2H3,(H,59,60)(H2,53,54,55)(H2,56,57,58). The largest absolute Gasteiger partial charge is 0.472 e. The summed E-state index contributed by atoms with van der Waals surface area (Å²) < 4.78 is 65.5. The Morgan fingerprint density at radius 3 is 1.32 bits per heavy atom. The van der Waals surface area contributed by atoms with Crippen LogP contribution >= 0.6 is 23.5 Å². The molecule has 0 aromatic heterocycles. The van der Waals surface area contributed by atoms with Crippen LogP contribution in [0.15, 0.2) is 36.5 Å². The molecular formula is C47H87O19P3. The predicted octanol–water partition coefficient (Wildman–Crippen LogP) is 9.63. The van der Waals surface area contributed by atoms with Gasteiger partial charge in [0.05, 0.1) is 6.61 Å². The van der Waals surface area contributed by atoms with Gasteiger partial charge in [-0.15, -0.1) is 0 Å². The highest BCUT2D eigenvalue weighted by molar-refractivity contribution is 7.47. The summed E-state index contributed by atoms with van der Waals surface area (Å²) in [5.74, 6) is -1.31. The molecule has 0 radical (unpaired) electrons. The van der Waals surface area contributed by atoms with E-state index in [4.69, 9.17) is 18.5 Å². The quantitative estimate of drug-likeness (QED) is 0.0122. The zero-order valence-electron chi connectivity index (χ0n) is 41.1. The van der Waals surface area contributed by atoms with Crippen molar-refractivity contribution in [1.82, 2.24) is 0 Å². The first-order valence-corrected chi connectivity index (χ1v) is 29.8. The van der Waals surface area contributed by atoms with Gasteiger partial charge in [-0.3, -0.25) is 27.7 Å². The van der Waals surface area contributed by atoms with Crippen LogP contribution < -0.4 is 0 Å². The van der Waals surface area contributed by atoms with Gasteiger partial charge in [-0.25, -0.2) is 13.7 Å². The van der Waals surface area contributed by atoms with E-state index < -0.39 is 91.3 Å². The maximum absolute atomic E-state index is 13.1. The Balaban J connectivity index is 2.69. The number of phosphoric ester groups is 3. The van der Waals surface area contributed by atoms with Crippen LogP contribution in [0, 0.1) is 0 Å². The van der Waals surface area contributed by atoms with E-state index in [1.54, 1.807) is 0 Å². The summed E-state index contributed by atoms with van der Waals surface area (Å²) in [6, 6.07) is 0. The second-order valence-corrected chi connectivity index (χ2v) is 21.5. The fraction of sp³-hybridized carbons (Fsp3) is 0.830. The number of carbonyl (C=O) groups is 2. The van der Waals surface area contributed by atoms with Crippen LogP contribution in [0.5, 0.6) is 0 Å². The van der Waals surface area contributed by atoms with Gasteiger partial charge in [-0.1, -0.05) is 166 Å². The molecule has 8 atom stereocenters. The molecule has 0 aromatic carbocycles. The zero-order chi connectivity index (χ0) is 51.4. The maximum atomic E-state index is 13.1. The topological polar surface area (TPSA) is 303 Å². The lowest BCUT2D eigenvalue weighted by Crippen LogP contribution is -2.65. The number of esters is 2. The van der Waals surface area contributed by atoms with Crippen molar-refractivity contribution in [2.45, 2.75) is 236 Å². The minimum absolute atomic E-state index is 0.00234. The SMILES string of the molecule is CCCCCC=CCC=CCC=CCCCCCCCCC(=O)OCC(COP(=O)(O)OC1C(O)C(O)C(OP(=O)(O)O)C(OP(=O)(O)O)C1O)OC(=O)CCCCCCCCCCCCCCC. The second kappa shape index (κ2) is 38.9. The number of unbranched alkanes of at least 4 members (excludes halogenated alkanes) is 21. The van der Waals surface area contributed by atoms with Crippen molar-refractivity contribution in [3.8, 4) is 0 Å². The number of hydrogen-bond acceptors (Lipinski definition) is 14. The Kier molecular flexibility index (Phi) is 36.9. The van der Waals surface area contributed by atoms with E-state index in [0.717, 1.165) is 89.9 Å². The number of rotatable bonds is 43. The zero-order valence-corrected chi connectivity index (χ0v) is 43.8. The van der Waals surface area contributed by atoms with E-state index in [0.29, 0.717) is 12.8 Å². The first-order valence-electron chi connectivity index (χ1n) is 25.3. The molecule has 8 N–H and O–H groups in total. The van der Waals surface area contributed by atoms with E-state index in [9.17, 15) is 63.1 Å². The average molecular weight is 1050 g/mol. The number of carbonyl (C=O) groups excluding carboxylic acids is 2. The molecule has 8 unspecified atom stereocenters. The molecule has 1 aliphatic carbocycles. The molecule has 1 fully saturated rings. The molecule has 1 saturated carbocycles. The van der Waals surface area contributed by atoms with Crippen LogP contribution in [0.25, 0.3) is 0 Å². The van der Waals surface area contributed by atoms with Crippen molar-refractivity contribution in [2.75, 3.05) is 13.2 Å². The molecule has 404 valence electrons. The molecule has 0 aromatic rings. The smallest absolute Gasteiger partial charge is 0.462 e. The highest BCUT2D eigenvalue weighted by Crippen LogP contribution is 2.51. The highest BCUT2D eigenvalue weighted by atomic mass is 31.2. The average Bonchev–Trinajstić information content (AvgIpc) is 3.28. The fourth-order valence-corrected chi connectivity index (χ4v) is 9.75. The van der Waals surface area contributed by atoms with E-state index in [2.05, 4.69) is 59.4 Å². The first-order chi connectivity index (χ1) is 32.8. The van der Waals surface area contributed by atoms with E-state index in [-0.39, 0.29) is 12.8 Å². The van der Waals surface area contributed by atoms with Crippen molar-refractivity contribution in [1.29, 1.82) is 0 Å². The molecule has 19 nitrogen and oxygen atoms in total. The first kappa shape index (κ1) is 65.4. The summed E-state index contributed by atoms with van der Waals surface area (Å²) in [5, 5.41) is 31.9. The predicted molar refractivity (Wildman–Crippen MR) is 261 cm³/mol. The Morgan fingerprint density at radius 1 is 0.464 bits per heavy atom. The lowest BCUT2D eigenvalue weighted by molar-refractivity contribution is -0.213.